The van der Waals surface area contributed by atoms with Crippen LogP contribution in [0, 0.1) is 0 Å². The van der Waals surface area contributed by atoms with Crippen molar-refractivity contribution in [2.75, 3.05) is 0 Å². The molecule has 4 N–H and O–H groups in total. The minimum absolute atomic E-state index is 0. The molecule has 0 fully saturated rings. The van der Waals surface area contributed by atoms with Crippen molar-refractivity contribution in [2.24, 2.45) is 5.73 Å². The summed E-state index contributed by atoms with van der Waals surface area (Å²) in [4.78, 5) is 0. The largest absolute Gasteiger partial charge is 0.412 e. The Morgan fingerprint density at radius 1 is 1.00 bits per heavy atom. The van der Waals surface area contributed by atoms with E-state index >= 15 is 0 Å². The lowest BCUT2D eigenvalue weighted by molar-refractivity contribution is 0.298. The zero-order valence-electron chi connectivity index (χ0n) is 12.8. The molecule has 0 bridgehead atoms. The third kappa shape index (κ3) is 4.32. The van der Waals surface area contributed by atoms with Crippen molar-refractivity contribution in [2.45, 2.75) is 70.8 Å². The second-order valence-electron chi connectivity index (χ2n) is 5.33. The summed E-state index contributed by atoms with van der Waals surface area (Å²) in [6, 6.07) is 11.1. The van der Waals surface area contributed by atoms with Gasteiger partial charge in [0.05, 0.1) is 0 Å². The van der Waals surface area contributed by atoms with E-state index in [4.69, 9.17) is 5.73 Å². The lowest BCUT2D eigenvalue weighted by Crippen LogP contribution is -2.44. The maximum Gasteiger partial charge on any atom is 0.0136 e. The molecule has 0 aliphatic carbocycles. The van der Waals surface area contributed by atoms with Crippen molar-refractivity contribution in [3.8, 4) is 0 Å². The summed E-state index contributed by atoms with van der Waals surface area (Å²) in [5.74, 6) is 0. The second kappa shape index (κ2) is 9.11. The summed E-state index contributed by atoms with van der Waals surface area (Å²) >= 11 is 0. The number of unbranched alkanes of at least 4 members (excludes halogenated alkanes) is 2. The summed E-state index contributed by atoms with van der Waals surface area (Å²) in [5.41, 5.74) is 8.12. The molecule has 0 saturated carbocycles. The fourth-order valence-corrected chi connectivity index (χ4v) is 3.06. The van der Waals surface area contributed by atoms with E-state index in [0.29, 0.717) is 0 Å². The van der Waals surface area contributed by atoms with Crippen molar-refractivity contribution < 1.29 is 5.48 Å². The Bertz CT molecular complexity index is 319. The number of hydrogen-bond acceptors (Lipinski definition) is 1. The Balaban J connectivity index is 0.00000324. The first-order valence-electron chi connectivity index (χ1n) is 7.52. The van der Waals surface area contributed by atoms with E-state index in [9.17, 15) is 0 Å². The molecule has 2 nitrogen and oxygen atoms in total. The molecule has 0 aromatic heterocycles. The van der Waals surface area contributed by atoms with E-state index in [2.05, 4.69) is 51.1 Å². The molecule has 1 aromatic carbocycles. The minimum Gasteiger partial charge on any atom is -0.412 e. The van der Waals surface area contributed by atoms with Crippen molar-refractivity contribution in [1.29, 1.82) is 0 Å². The van der Waals surface area contributed by atoms with Gasteiger partial charge in [-0.3, -0.25) is 0 Å². The lowest BCUT2D eigenvalue weighted by Gasteiger charge is -2.38. The highest BCUT2D eigenvalue weighted by Crippen LogP contribution is 2.36. The smallest absolute Gasteiger partial charge is 0.0136 e. The number of hydrogen-bond donors (Lipinski definition) is 1. The van der Waals surface area contributed by atoms with Crippen LogP contribution in [-0.2, 0) is 5.41 Å². The fourth-order valence-electron chi connectivity index (χ4n) is 3.06. The van der Waals surface area contributed by atoms with Gasteiger partial charge >= 0.3 is 0 Å². The topological polar surface area (TPSA) is 57.5 Å². The summed E-state index contributed by atoms with van der Waals surface area (Å²) in [6.07, 6.45) is 7.22. The van der Waals surface area contributed by atoms with Gasteiger partial charge in [0, 0.05) is 11.5 Å². The summed E-state index contributed by atoms with van der Waals surface area (Å²) in [7, 11) is 0. The molecule has 1 atom stereocenters. The first-order chi connectivity index (χ1) is 8.71. The molecule has 0 saturated heterocycles. The molecule has 0 spiro atoms. The zero-order chi connectivity index (χ0) is 13.4. The van der Waals surface area contributed by atoms with Crippen molar-refractivity contribution in [1.82, 2.24) is 0 Å². The Morgan fingerprint density at radius 2 is 1.58 bits per heavy atom. The monoisotopic (exact) mass is 265 g/mol. The van der Waals surface area contributed by atoms with Gasteiger partial charge in [0.25, 0.3) is 0 Å². The average Bonchev–Trinajstić information content (AvgIpc) is 2.42. The normalized spacial score (nSPS) is 12.8. The zero-order valence-corrected chi connectivity index (χ0v) is 12.8. The van der Waals surface area contributed by atoms with Crippen LogP contribution >= 0.6 is 0 Å². The Hall–Kier alpha value is -0.860. The first kappa shape index (κ1) is 18.1. The van der Waals surface area contributed by atoms with Gasteiger partial charge in [0.1, 0.15) is 0 Å². The van der Waals surface area contributed by atoms with Gasteiger partial charge in [-0.15, -0.1) is 0 Å². The predicted molar refractivity (Wildman–Crippen MR) is 84.4 cm³/mol. The summed E-state index contributed by atoms with van der Waals surface area (Å²) in [5, 5.41) is 0. The molecular formula is C17H31NO. The molecular weight excluding hydrogens is 234 g/mol. The van der Waals surface area contributed by atoms with Crippen molar-refractivity contribution in [3.63, 3.8) is 0 Å². The molecule has 2 heteroatoms. The van der Waals surface area contributed by atoms with Crippen LogP contribution in [0.5, 0.6) is 0 Å². The van der Waals surface area contributed by atoms with Gasteiger partial charge in [-0.25, -0.2) is 0 Å². The van der Waals surface area contributed by atoms with Crippen LogP contribution in [0.15, 0.2) is 30.3 Å². The fraction of sp³-hybridized carbons (Fsp3) is 0.647. The molecule has 1 rings (SSSR count). The van der Waals surface area contributed by atoms with Gasteiger partial charge in [-0.1, -0.05) is 70.4 Å². The van der Waals surface area contributed by atoms with E-state index in [1.807, 2.05) is 0 Å². The Labute approximate surface area is 118 Å². The summed E-state index contributed by atoms with van der Waals surface area (Å²) < 4.78 is 0. The maximum absolute atomic E-state index is 6.55. The van der Waals surface area contributed by atoms with Crippen LogP contribution in [0.25, 0.3) is 0 Å². The van der Waals surface area contributed by atoms with Gasteiger partial charge in [0.2, 0.25) is 0 Å². The third-order valence-electron chi connectivity index (χ3n) is 4.44. The average molecular weight is 265 g/mol. The quantitative estimate of drug-likeness (QED) is 0.714. The van der Waals surface area contributed by atoms with Crippen LogP contribution < -0.4 is 5.73 Å². The van der Waals surface area contributed by atoms with Gasteiger partial charge in [-0.05, 0) is 24.8 Å². The minimum atomic E-state index is 0. The molecule has 19 heavy (non-hydrogen) atoms. The molecule has 0 aliphatic rings. The van der Waals surface area contributed by atoms with Crippen LogP contribution in [-0.4, -0.2) is 11.5 Å². The number of rotatable bonds is 8. The molecule has 110 valence electrons. The van der Waals surface area contributed by atoms with E-state index in [-0.39, 0.29) is 16.9 Å². The van der Waals surface area contributed by atoms with Crippen LogP contribution in [0.1, 0.15) is 64.9 Å². The highest BCUT2D eigenvalue weighted by Gasteiger charge is 2.34. The van der Waals surface area contributed by atoms with Gasteiger partial charge in [-0.2, -0.15) is 0 Å². The van der Waals surface area contributed by atoms with Crippen molar-refractivity contribution >= 4 is 0 Å². The van der Waals surface area contributed by atoms with E-state index in [1.165, 1.54) is 24.8 Å². The lowest BCUT2D eigenvalue weighted by atomic mass is 9.69. The molecule has 0 amide bonds. The third-order valence-corrected chi connectivity index (χ3v) is 4.44. The van der Waals surface area contributed by atoms with E-state index in [0.717, 1.165) is 19.3 Å². The van der Waals surface area contributed by atoms with Crippen molar-refractivity contribution in [3.05, 3.63) is 35.9 Å². The van der Waals surface area contributed by atoms with E-state index in [1.54, 1.807) is 0 Å². The van der Waals surface area contributed by atoms with Gasteiger partial charge in [0.15, 0.2) is 0 Å². The van der Waals surface area contributed by atoms with E-state index < -0.39 is 0 Å². The number of nitrogens with two attached hydrogens (primary N) is 1. The molecule has 0 heterocycles. The van der Waals surface area contributed by atoms with Crippen LogP contribution in [0.4, 0.5) is 0 Å². The maximum atomic E-state index is 6.55. The highest BCUT2D eigenvalue weighted by atomic mass is 16.0. The molecule has 0 radical (unpaired) electrons. The predicted octanol–water partition coefficient (Wildman–Crippen LogP) is 3.83. The van der Waals surface area contributed by atoms with Crippen LogP contribution in [0.3, 0.4) is 0 Å². The molecule has 1 unspecified atom stereocenters. The van der Waals surface area contributed by atoms with Crippen LogP contribution in [0.2, 0.25) is 0 Å². The van der Waals surface area contributed by atoms with Gasteiger partial charge < -0.3 is 11.2 Å². The Kier molecular flexibility index (Phi) is 8.70. The molecule has 0 aliphatic heterocycles. The first-order valence-corrected chi connectivity index (χ1v) is 7.52. The standard InChI is InChI=1S/C17H29N.H2O/c1-4-7-9-14-16(18)17(5-2,6-3)15-12-10-8-11-13-15;/h8,10-13,16H,4-7,9,14,18H2,1-3H3;1H2. The molecule has 1 aromatic rings. The highest BCUT2D eigenvalue weighted by molar-refractivity contribution is 5.27. The number of benzene rings is 1. The summed E-state index contributed by atoms with van der Waals surface area (Å²) in [6.45, 7) is 6.79. The second-order valence-corrected chi connectivity index (χ2v) is 5.33. The SMILES string of the molecule is CCCCCC(N)C(CC)(CC)c1ccccc1.O. The Morgan fingerprint density at radius 3 is 2.05 bits per heavy atom.